The van der Waals surface area contributed by atoms with E-state index in [1.165, 1.54) is 12.1 Å². The van der Waals surface area contributed by atoms with Crippen LogP contribution in [-0.2, 0) is 0 Å². The number of benzene rings is 1. The van der Waals surface area contributed by atoms with Crippen molar-refractivity contribution in [2.24, 2.45) is 0 Å². The summed E-state index contributed by atoms with van der Waals surface area (Å²) in [5.41, 5.74) is 1.00. The van der Waals surface area contributed by atoms with E-state index in [1.807, 2.05) is 0 Å². The molecule has 0 aliphatic heterocycles. The summed E-state index contributed by atoms with van der Waals surface area (Å²) in [7, 11) is 0. The maximum atomic E-state index is 13.0. The number of aliphatic hydroxyl groups is 1. The summed E-state index contributed by atoms with van der Waals surface area (Å²) in [5, 5.41) is 8.86. The quantitative estimate of drug-likeness (QED) is 0.710. The van der Waals surface area contributed by atoms with Crippen LogP contribution >= 0.6 is 11.6 Å². The van der Waals surface area contributed by atoms with E-state index in [4.69, 9.17) is 16.7 Å². The van der Waals surface area contributed by atoms with Gasteiger partial charge in [0.25, 0.3) is 0 Å². The maximum Gasteiger partial charge on any atom is 0.127 e. The molecule has 0 heterocycles. The zero-order valence-electron chi connectivity index (χ0n) is 7.77. The van der Waals surface area contributed by atoms with Crippen LogP contribution in [0.3, 0.4) is 0 Å². The minimum atomic E-state index is -0.331. The van der Waals surface area contributed by atoms with Gasteiger partial charge in [0, 0.05) is 17.5 Å². The fourth-order valence-corrected chi connectivity index (χ4v) is 1.17. The minimum absolute atomic E-state index is 0.0186. The molecular weight excluding hydrogens is 203 g/mol. The second-order valence-corrected chi connectivity index (χ2v) is 3.19. The van der Waals surface area contributed by atoms with Gasteiger partial charge < -0.3 is 5.11 Å². The van der Waals surface area contributed by atoms with Gasteiger partial charge in [-0.15, -0.1) is 0 Å². The highest BCUT2D eigenvalue weighted by Gasteiger charge is 2.05. The molecule has 0 unspecified atom stereocenters. The second-order valence-electron chi connectivity index (χ2n) is 2.81. The van der Waals surface area contributed by atoms with Gasteiger partial charge in [0.1, 0.15) is 5.82 Å². The van der Waals surface area contributed by atoms with E-state index in [9.17, 15) is 4.39 Å². The van der Waals surface area contributed by atoms with Crippen LogP contribution in [0.1, 0.15) is 17.5 Å². The molecule has 0 atom stereocenters. The fraction of sp³-hybridized carbons (Fsp3) is 0.273. The Balaban J connectivity index is 3.02. The molecule has 1 N–H and O–H groups in total. The summed E-state index contributed by atoms with van der Waals surface area (Å²) in [6.07, 6.45) is 0.396. The molecule has 1 aromatic carbocycles. The zero-order chi connectivity index (χ0) is 10.6. The summed E-state index contributed by atoms with van der Waals surface area (Å²) in [6.45, 7) is 1.62. The highest BCUT2D eigenvalue weighted by Crippen LogP contribution is 2.22. The molecular formula is C11H10ClFO. The van der Waals surface area contributed by atoms with Gasteiger partial charge in [0.2, 0.25) is 0 Å². The Morgan fingerprint density at radius 2 is 2.21 bits per heavy atom. The molecule has 1 aromatic rings. The van der Waals surface area contributed by atoms with Crippen LogP contribution in [0.4, 0.5) is 4.39 Å². The Morgan fingerprint density at radius 1 is 1.50 bits per heavy atom. The molecule has 74 valence electrons. The van der Waals surface area contributed by atoms with Crippen molar-refractivity contribution < 1.29 is 9.50 Å². The molecule has 3 heteroatoms. The van der Waals surface area contributed by atoms with Crippen LogP contribution in [0.2, 0.25) is 5.02 Å². The monoisotopic (exact) mass is 212 g/mol. The summed E-state index contributed by atoms with van der Waals surface area (Å²) in [4.78, 5) is 0. The first-order valence-corrected chi connectivity index (χ1v) is 4.59. The smallest absolute Gasteiger partial charge is 0.127 e. The first-order chi connectivity index (χ1) is 6.66. The predicted molar refractivity (Wildman–Crippen MR) is 54.7 cm³/mol. The van der Waals surface area contributed by atoms with E-state index in [1.54, 1.807) is 6.92 Å². The largest absolute Gasteiger partial charge is 0.395 e. The Hall–Kier alpha value is -1.04. The molecule has 0 saturated heterocycles. The van der Waals surface area contributed by atoms with Gasteiger partial charge in [0.05, 0.1) is 11.6 Å². The van der Waals surface area contributed by atoms with Gasteiger partial charge in [-0.1, -0.05) is 23.4 Å². The molecule has 0 bridgehead atoms. The third kappa shape index (κ3) is 2.47. The number of aliphatic hydroxyl groups excluding tert-OH is 1. The van der Waals surface area contributed by atoms with E-state index in [0.29, 0.717) is 22.6 Å². The molecule has 0 amide bonds. The molecule has 0 spiro atoms. The Kier molecular flexibility index (Phi) is 3.94. The van der Waals surface area contributed by atoms with E-state index in [0.717, 1.165) is 0 Å². The molecule has 0 aliphatic rings. The summed E-state index contributed by atoms with van der Waals surface area (Å²) in [5.74, 6) is 5.17. The number of halogens is 2. The third-order valence-electron chi connectivity index (χ3n) is 1.78. The summed E-state index contributed by atoms with van der Waals surface area (Å²) < 4.78 is 13.0. The van der Waals surface area contributed by atoms with Crippen molar-refractivity contribution >= 4 is 11.6 Å². The van der Waals surface area contributed by atoms with Crippen LogP contribution in [0, 0.1) is 24.6 Å². The second kappa shape index (κ2) is 4.99. The zero-order valence-corrected chi connectivity index (χ0v) is 8.53. The Labute approximate surface area is 87.5 Å². The average Bonchev–Trinajstić information content (AvgIpc) is 2.18. The van der Waals surface area contributed by atoms with Crippen molar-refractivity contribution in [1.29, 1.82) is 0 Å². The predicted octanol–water partition coefficient (Wildman–Crippen LogP) is 2.52. The molecule has 0 fully saturated rings. The normalized spacial score (nSPS) is 9.43. The topological polar surface area (TPSA) is 20.2 Å². The van der Waals surface area contributed by atoms with Crippen LogP contribution in [0.15, 0.2) is 12.1 Å². The Morgan fingerprint density at radius 3 is 2.86 bits per heavy atom. The van der Waals surface area contributed by atoms with Gasteiger partial charge in [-0.25, -0.2) is 4.39 Å². The van der Waals surface area contributed by atoms with Gasteiger partial charge in [-0.3, -0.25) is 0 Å². The van der Waals surface area contributed by atoms with Crippen molar-refractivity contribution in [3.8, 4) is 11.8 Å². The third-order valence-corrected chi connectivity index (χ3v) is 2.27. The molecule has 1 rings (SSSR count). The van der Waals surface area contributed by atoms with Crippen LogP contribution in [0.5, 0.6) is 0 Å². The van der Waals surface area contributed by atoms with Gasteiger partial charge in [-0.05, 0) is 19.1 Å². The van der Waals surface area contributed by atoms with E-state index in [2.05, 4.69) is 11.8 Å². The molecule has 0 aliphatic carbocycles. The summed E-state index contributed by atoms with van der Waals surface area (Å²) >= 11 is 5.87. The van der Waals surface area contributed by atoms with Gasteiger partial charge >= 0.3 is 0 Å². The SMILES string of the molecule is Cc1c(F)ccc(C#CCCO)c1Cl. The van der Waals surface area contributed by atoms with Crippen molar-refractivity contribution in [3.63, 3.8) is 0 Å². The van der Waals surface area contributed by atoms with E-state index < -0.39 is 0 Å². The number of rotatable bonds is 1. The maximum absolute atomic E-state index is 13.0. The van der Waals surface area contributed by atoms with Crippen LogP contribution in [-0.4, -0.2) is 11.7 Å². The number of hydrogen-bond acceptors (Lipinski definition) is 1. The van der Waals surface area contributed by atoms with Crippen LogP contribution < -0.4 is 0 Å². The van der Waals surface area contributed by atoms with Gasteiger partial charge in [-0.2, -0.15) is 0 Å². The van der Waals surface area contributed by atoms with Crippen molar-refractivity contribution in [2.75, 3.05) is 6.61 Å². The minimum Gasteiger partial charge on any atom is -0.395 e. The lowest BCUT2D eigenvalue weighted by molar-refractivity contribution is 0.305. The molecule has 0 saturated carbocycles. The van der Waals surface area contributed by atoms with Crippen molar-refractivity contribution in [2.45, 2.75) is 13.3 Å². The lowest BCUT2D eigenvalue weighted by atomic mass is 10.1. The lowest BCUT2D eigenvalue weighted by Gasteiger charge is -2.01. The van der Waals surface area contributed by atoms with E-state index in [-0.39, 0.29) is 12.4 Å². The van der Waals surface area contributed by atoms with E-state index >= 15 is 0 Å². The highest BCUT2D eigenvalue weighted by molar-refractivity contribution is 6.32. The summed E-state index contributed by atoms with van der Waals surface area (Å²) in [6, 6.07) is 2.87. The average molecular weight is 213 g/mol. The molecule has 14 heavy (non-hydrogen) atoms. The first kappa shape index (κ1) is 11.0. The molecule has 0 aromatic heterocycles. The molecule has 1 nitrogen and oxygen atoms in total. The van der Waals surface area contributed by atoms with Crippen LogP contribution in [0.25, 0.3) is 0 Å². The number of hydrogen-bond donors (Lipinski definition) is 1. The fourth-order valence-electron chi connectivity index (χ4n) is 0.972. The molecule has 0 radical (unpaired) electrons. The van der Waals surface area contributed by atoms with Crippen molar-refractivity contribution in [1.82, 2.24) is 0 Å². The first-order valence-electron chi connectivity index (χ1n) is 4.21. The van der Waals surface area contributed by atoms with Gasteiger partial charge in [0.15, 0.2) is 0 Å². The Bertz CT molecular complexity index is 390. The standard InChI is InChI=1S/C11H10ClFO/c1-8-10(13)6-5-9(11(8)12)4-2-3-7-14/h5-6,14H,3,7H2,1H3. The van der Waals surface area contributed by atoms with Crippen molar-refractivity contribution in [3.05, 3.63) is 34.1 Å². The lowest BCUT2D eigenvalue weighted by Crippen LogP contribution is -1.87. The highest BCUT2D eigenvalue weighted by atomic mass is 35.5.